The van der Waals surface area contributed by atoms with E-state index >= 15 is 0 Å². The third kappa shape index (κ3) is 2.14. The average molecular weight is 333 g/mol. The highest BCUT2D eigenvalue weighted by molar-refractivity contribution is 6.06. The Balaban J connectivity index is 2.17. The molecule has 0 saturated carbocycles. The molecule has 1 N–H and O–H groups in total. The molecule has 1 aromatic heterocycles. The normalized spacial score (nSPS) is 13.0. The maximum Gasteiger partial charge on any atom is 0.143 e. The van der Waals surface area contributed by atoms with Crippen LogP contribution in [0.4, 0.5) is 4.39 Å². The second kappa shape index (κ2) is 5.45. The van der Waals surface area contributed by atoms with Crippen LogP contribution in [-0.4, -0.2) is 22.4 Å². The molecule has 0 aliphatic carbocycles. The van der Waals surface area contributed by atoms with Gasteiger partial charge < -0.3 is 9.67 Å². The summed E-state index contributed by atoms with van der Waals surface area (Å²) in [5.41, 5.74) is 5.09. The Morgan fingerprint density at radius 2 is 2.08 bits per heavy atom. The van der Waals surface area contributed by atoms with Crippen molar-refractivity contribution >= 4 is 17.1 Å². The lowest BCUT2D eigenvalue weighted by Crippen LogP contribution is -2.11. The number of aromatic nitrogens is 1. The summed E-state index contributed by atoms with van der Waals surface area (Å²) in [5, 5.41) is 20.7. The van der Waals surface area contributed by atoms with Gasteiger partial charge in [-0.15, -0.1) is 0 Å². The maximum absolute atomic E-state index is 13.7. The van der Waals surface area contributed by atoms with Crippen LogP contribution in [0.5, 0.6) is 5.75 Å². The number of halogens is 1. The van der Waals surface area contributed by atoms with Gasteiger partial charge in [0.05, 0.1) is 23.3 Å². The smallest absolute Gasteiger partial charge is 0.143 e. The number of rotatable bonds is 1. The predicted octanol–water partition coefficient (Wildman–Crippen LogP) is 4.07. The summed E-state index contributed by atoms with van der Waals surface area (Å²) in [6.07, 6.45) is 1.81. The van der Waals surface area contributed by atoms with Gasteiger partial charge in [-0.1, -0.05) is 6.07 Å². The van der Waals surface area contributed by atoms with Crippen molar-refractivity contribution in [1.29, 1.82) is 5.26 Å². The summed E-state index contributed by atoms with van der Waals surface area (Å²) in [6, 6.07) is 8.66. The third-order valence-electron chi connectivity index (χ3n) is 4.85. The van der Waals surface area contributed by atoms with Crippen molar-refractivity contribution in [2.45, 2.75) is 20.4 Å². The molecule has 0 bridgehead atoms. The van der Waals surface area contributed by atoms with Gasteiger partial charge in [0.15, 0.2) is 0 Å². The third-order valence-corrected chi connectivity index (χ3v) is 4.85. The van der Waals surface area contributed by atoms with Crippen LogP contribution in [0.15, 0.2) is 29.3 Å². The largest absolute Gasteiger partial charge is 0.506 e. The maximum atomic E-state index is 13.7. The predicted molar refractivity (Wildman–Crippen MR) is 95.6 cm³/mol. The Morgan fingerprint density at radius 3 is 2.80 bits per heavy atom. The Hall–Kier alpha value is -3.13. The van der Waals surface area contributed by atoms with E-state index in [1.807, 2.05) is 13.1 Å². The van der Waals surface area contributed by atoms with Crippen molar-refractivity contribution in [1.82, 2.24) is 4.57 Å². The Morgan fingerprint density at radius 1 is 1.28 bits per heavy atom. The first-order valence-electron chi connectivity index (χ1n) is 8.08. The van der Waals surface area contributed by atoms with E-state index in [9.17, 15) is 14.8 Å². The number of hydrogen-bond donors (Lipinski definition) is 1. The van der Waals surface area contributed by atoms with Crippen molar-refractivity contribution in [3.8, 4) is 22.9 Å². The zero-order chi connectivity index (χ0) is 17.7. The fourth-order valence-electron chi connectivity index (χ4n) is 3.57. The zero-order valence-corrected chi connectivity index (χ0v) is 14.0. The van der Waals surface area contributed by atoms with E-state index in [1.165, 1.54) is 6.07 Å². The molecule has 2 heterocycles. The topological polar surface area (TPSA) is 61.3 Å². The summed E-state index contributed by atoms with van der Waals surface area (Å²) in [6.45, 7) is 5.01. The lowest BCUT2D eigenvalue weighted by atomic mass is 9.96. The molecule has 3 aromatic rings. The Kier molecular flexibility index (Phi) is 3.36. The SMILES string of the molecule is Cc1cc(-c2cc(C#N)c(O)c3c(C)c4n(c23)CCN=C4)ccc1F. The lowest BCUT2D eigenvalue weighted by molar-refractivity contribution is 0.480. The van der Waals surface area contributed by atoms with Crippen molar-refractivity contribution in [3.05, 3.63) is 52.5 Å². The quantitative estimate of drug-likeness (QED) is 0.729. The standard InChI is InChI=1S/C20H16FN3O/c1-11-7-13(3-4-16(11)21)15-8-14(9-22)20(25)18-12(2)17-10-23-5-6-24(17)19(15)18/h3-4,7-8,10,25H,5-6H2,1-2H3. The molecule has 1 aliphatic heterocycles. The molecule has 124 valence electrons. The molecule has 4 rings (SSSR count). The zero-order valence-electron chi connectivity index (χ0n) is 14.0. The van der Waals surface area contributed by atoms with Gasteiger partial charge in [0.2, 0.25) is 0 Å². The molecule has 0 spiro atoms. The van der Waals surface area contributed by atoms with E-state index in [0.29, 0.717) is 24.0 Å². The number of hydrogen-bond acceptors (Lipinski definition) is 3. The van der Waals surface area contributed by atoms with E-state index in [4.69, 9.17) is 0 Å². The highest BCUT2D eigenvalue weighted by atomic mass is 19.1. The van der Waals surface area contributed by atoms with Crippen LogP contribution in [-0.2, 0) is 6.54 Å². The van der Waals surface area contributed by atoms with Crippen molar-refractivity contribution < 1.29 is 9.50 Å². The average Bonchev–Trinajstić information content (AvgIpc) is 2.92. The Bertz CT molecular complexity index is 1100. The molecule has 4 nitrogen and oxygen atoms in total. The van der Waals surface area contributed by atoms with Gasteiger partial charge in [0.1, 0.15) is 17.6 Å². The number of phenols is 1. The van der Waals surface area contributed by atoms with Gasteiger partial charge >= 0.3 is 0 Å². The van der Waals surface area contributed by atoms with Gasteiger partial charge in [0.25, 0.3) is 0 Å². The number of aromatic hydroxyl groups is 1. The van der Waals surface area contributed by atoms with Crippen LogP contribution in [0, 0.1) is 31.0 Å². The van der Waals surface area contributed by atoms with Crippen LogP contribution in [0.25, 0.3) is 22.0 Å². The highest BCUT2D eigenvalue weighted by Gasteiger charge is 2.23. The molecule has 0 fully saturated rings. The number of fused-ring (bicyclic) bond motifs is 3. The molecule has 0 radical (unpaired) electrons. The van der Waals surface area contributed by atoms with Crippen LogP contribution >= 0.6 is 0 Å². The molecule has 0 amide bonds. The second-order valence-electron chi connectivity index (χ2n) is 6.32. The van der Waals surface area contributed by atoms with Crippen LogP contribution in [0.3, 0.4) is 0 Å². The van der Waals surface area contributed by atoms with E-state index in [-0.39, 0.29) is 17.1 Å². The number of aryl methyl sites for hydroxylation is 2. The number of aliphatic imine (C=N–C) groups is 1. The minimum absolute atomic E-state index is 0.00659. The minimum atomic E-state index is -0.264. The van der Waals surface area contributed by atoms with Crippen LogP contribution in [0.1, 0.15) is 22.4 Å². The molecule has 0 unspecified atom stereocenters. The van der Waals surface area contributed by atoms with E-state index in [0.717, 1.165) is 27.9 Å². The monoisotopic (exact) mass is 333 g/mol. The van der Waals surface area contributed by atoms with Crippen molar-refractivity contribution in [2.75, 3.05) is 6.54 Å². The molecule has 5 heteroatoms. The van der Waals surface area contributed by atoms with Crippen molar-refractivity contribution in [2.24, 2.45) is 4.99 Å². The lowest BCUT2D eigenvalue weighted by Gasteiger charge is -2.15. The molecule has 25 heavy (non-hydrogen) atoms. The van der Waals surface area contributed by atoms with Crippen LogP contribution < -0.4 is 0 Å². The van der Waals surface area contributed by atoms with Gasteiger partial charge in [-0.2, -0.15) is 5.26 Å². The first-order chi connectivity index (χ1) is 12.0. The van der Waals surface area contributed by atoms with Crippen LogP contribution in [0.2, 0.25) is 0 Å². The summed E-state index contributed by atoms with van der Waals surface area (Å²) in [7, 11) is 0. The van der Waals surface area contributed by atoms with Gasteiger partial charge in [0, 0.05) is 23.7 Å². The van der Waals surface area contributed by atoms with Crippen molar-refractivity contribution in [3.63, 3.8) is 0 Å². The highest BCUT2D eigenvalue weighted by Crippen LogP contribution is 2.41. The fourth-order valence-corrected chi connectivity index (χ4v) is 3.57. The molecule has 2 aromatic carbocycles. The summed E-state index contributed by atoms with van der Waals surface area (Å²) < 4.78 is 15.8. The summed E-state index contributed by atoms with van der Waals surface area (Å²) >= 11 is 0. The molecular formula is C20H16FN3O. The van der Waals surface area contributed by atoms with E-state index in [1.54, 1.807) is 25.1 Å². The van der Waals surface area contributed by atoms with E-state index in [2.05, 4.69) is 15.6 Å². The van der Waals surface area contributed by atoms with E-state index < -0.39 is 0 Å². The fraction of sp³-hybridized carbons (Fsp3) is 0.200. The molecule has 0 saturated heterocycles. The summed E-state index contributed by atoms with van der Waals surface area (Å²) in [5.74, 6) is -0.271. The number of phenolic OH excluding ortho intramolecular Hbond substituents is 1. The minimum Gasteiger partial charge on any atom is -0.506 e. The summed E-state index contributed by atoms with van der Waals surface area (Å²) in [4.78, 5) is 4.33. The number of nitriles is 1. The first-order valence-corrected chi connectivity index (χ1v) is 8.08. The van der Waals surface area contributed by atoms with Gasteiger partial charge in [-0.3, -0.25) is 4.99 Å². The number of benzene rings is 2. The van der Waals surface area contributed by atoms with Gasteiger partial charge in [-0.05, 0) is 48.7 Å². The first kappa shape index (κ1) is 15.4. The molecule has 0 atom stereocenters. The molecule has 1 aliphatic rings. The van der Waals surface area contributed by atoms with Gasteiger partial charge in [-0.25, -0.2) is 4.39 Å². The Labute approximate surface area is 144 Å². The number of nitrogens with zero attached hydrogens (tertiary/aromatic N) is 3. The molecular weight excluding hydrogens is 317 g/mol. The second-order valence-corrected chi connectivity index (χ2v) is 6.32.